The Bertz CT molecular complexity index is 377. The molecule has 0 spiro atoms. The summed E-state index contributed by atoms with van der Waals surface area (Å²) in [5.74, 6) is 0.871. The van der Waals surface area contributed by atoms with Gasteiger partial charge in [0, 0.05) is 6.08 Å². The normalized spacial score (nSPS) is 10.2. The van der Waals surface area contributed by atoms with E-state index in [9.17, 15) is 0 Å². The van der Waals surface area contributed by atoms with E-state index < -0.39 is 0 Å². The number of hydrogen-bond acceptors (Lipinski definition) is 2. The molecule has 0 saturated heterocycles. The molecule has 0 aromatic heterocycles. The molecule has 0 N–H and O–H groups in total. The molecule has 0 aliphatic heterocycles. The minimum Gasteiger partial charge on any atom is -0.494 e. The van der Waals surface area contributed by atoms with Crippen LogP contribution in [0.4, 0.5) is 0 Å². The van der Waals surface area contributed by atoms with Gasteiger partial charge in [-0.15, -0.1) is 0 Å². The minimum absolute atomic E-state index is 0.763. The topological polar surface area (TPSA) is 33.0 Å². The van der Waals surface area contributed by atoms with Crippen LogP contribution in [-0.4, -0.2) is 6.61 Å². The molecule has 0 aliphatic carbocycles. The summed E-state index contributed by atoms with van der Waals surface area (Å²) in [5.41, 5.74) is 0.995. The lowest BCUT2D eigenvalue weighted by Crippen LogP contribution is -1.96. The van der Waals surface area contributed by atoms with E-state index in [-0.39, 0.29) is 0 Å². The first-order valence-electron chi connectivity index (χ1n) is 5.66. The molecule has 0 fully saturated rings. The Morgan fingerprint density at radius 2 is 2.25 bits per heavy atom. The molecule has 0 amide bonds. The van der Waals surface area contributed by atoms with Gasteiger partial charge in [-0.2, -0.15) is 5.26 Å². The molecule has 1 aromatic carbocycles. The summed E-state index contributed by atoms with van der Waals surface area (Å²) in [6.07, 6.45) is 6.74. The molecule has 1 aromatic rings. The molecular weight excluding hydrogens is 198 g/mol. The summed E-state index contributed by atoms with van der Waals surface area (Å²) in [5, 5.41) is 8.43. The first kappa shape index (κ1) is 12.3. The summed E-state index contributed by atoms with van der Waals surface area (Å²) in [6, 6.07) is 9.75. The lowest BCUT2D eigenvalue weighted by Gasteiger charge is -2.05. The van der Waals surface area contributed by atoms with Gasteiger partial charge in [-0.25, -0.2) is 0 Å². The molecule has 0 aliphatic rings. The molecular formula is C14H17NO. The molecule has 84 valence electrons. The average molecular weight is 215 g/mol. The molecule has 0 radical (unpaired) electrons. The fraction of sp³-hybridized carbons (Fsp3) is 0.357. The van der Waals surface area contributed by atoms with Crippen molar-refractivity contribution in [3.8, 4) is 11.8 Å². The fourth-order valence-corrected chi connectivity index (χ4v) is 1.38. The van der Waals surface area contributed by atoms with Crippen molar-refractivity contribution in [1.29, 1.82) is 5.26 Å². The predicted octanol–water partition coefficient (Wildman–Crippen LogP) is 3.79. The first-order chi connectivity index (χ1) is 7.86. The molecule has 16 heavy (non-hydrogen) atoms. The van der Waals surface area contributed by atoms with Gasteiger partial charge in [0.15, 0.2) is 0 Å². The van der Waals surface area contributed by atoms with E-state index >= 15 is 0 Å². The number of allylic oxidation sites excluding steroid dienone is 1. The van der Waals surface area contributed by atoms with Crippen LogP contribution >= 0.6 is 0 Å². The summed E-state index contributed by atoms with van der Waals surface area (Å²) in [6.45, 7) is 2.94. The van der Waals surface area contributed by atoms with Crippen molar-refractivity contribution in [3.05, 3.63) is 35.9 Å². The van der Waals surface area contributed by atoms with Gasteiger partial charge in [-0.05, 0) is 30.2 Å². The molecule has 0 heterocycles. The van der Waals surface area contributed by atoms with Gasteiger partial charge in [-0.1, -0.05) is 31.9 Å². The van der Waals surface area contributed by atoms with Crippen molar-refractivity contribution >= 4 is 6.08 Å². The number of nitrogens with zero attached hydrogens (tertiary/aromatic N) is 1. The summed E-state index contributed by atoms with van der Waals surface area (Å²) < 4.78 is 5.61. The van der Waals surface area contributed by atoms with Crippen LogP contribution in [0.25, 0.3) is 6.08 Å². The van der Waals surface area contributed by atoms with Crippen LogP contribution in [0.2, 0.25) is 0 Å². The largest absolute Gasteiger partial charge is 0.494 e. The summed E-state index contributed by atoms with van der Waals surface area (Å²) in [7, 11) is 0. The highest BCUT2D eigenvalue weighted by molar-refractivity contribution is 5.53. The van der Waals surface area contributed by atoms with E-state index in [0.29, 0.717) is 0 Å². The van der Waals surface area contributed by atoms with Crippen molar-refractivity contribution in [2.75, 3.05) is 6.61 Å². The van der Waals surface area contributed by atoms with E-state index in [0.717, 1.165) is 24.3 Å². The Kier molecular flexibility index (Phi) is 5.80. The van der Waals surface area contributed by atoms with E-state index in [1.165, 1.54) is 18.9 Å². The van der Waals surface area contributed by atoms with E-state index in [2.05, 4.69) is 6.92 Å². The molecule has 0 unspecified atom stereocenters. The van der Waals surface area contributed by atoms with E-state index in [1.54, 1.807) is 6.08 Å². The van der Waals surface area contributed by atoms with Crippen LogP contribution < -0.4 is 4.74 Å². The number of nitriles is 1. The van der Waals surface area contributed by atoms with Gasteiger partial charge < -0.3 is 4.74 Å². The zero-order valence-electron chi connectivity index (χ0n) is 9.65. The van der Waals surface area contributed by atoms with Crippen molar-refractivity contribution < 1.29 is 4.74 Å². The number of hydrogen-bond donors (Lipinski definition) is 0. The maximum Gasteiger partial charge on any atom is 0.119 e. The number of rotatable bonds is 6. The highest BCUT2D eigenvalue weighted by Crippen LogP contribution is 2.14. The lowest BCUT2D eigenvalue weighted by molar-refractivity contribution is 0.306. The molecule has 2 heteroatoms. The smallest absolute Gasteiger partial charge is 0.119 e. The predicted molar refractivity (Wildman–Crippen MR) is 66.1 cm³/mol. The van der Waals surface area contributed by atoms with Gasteiger partial charge in [0.05, 0.1) is 12.7 Å². The SMILES string of the molecule is CCCCCOc1cccc(/C=C/C#N)c1. The average Bonchev–Trinajstić information content (AvgIpc) is 2.33. The lowest BCUT2D eigenvalue weighted by atomic mass is 10.2. The second-order valence-electron chi connectivity index (χ2n) is 3.59. The van der Waals surface area contributed by atoms with E-state index in [4.69, 9.17) is 10.00 Å². The zero-order valence-corrected chi connectivity index (χ0v) is 9.65. The molecule has 1 rings (SSSR count). The maximum atomic E-state index is 8.43. The van der Waals surface area contributed by atoms with Crippen molar-refractivity contribution in [1.82, 2.24) is 0 Å². The molecule has 0 saturated carbocycles. The quantitative estimate of drug-likeness (QED) is 0.534. The Labute approximate surface area is 97.2 Å². The van der Waals surface area contributed by atoms with Gasteiger partial charge in [0.2, 0.25) is 0 Å². The summed E-state index contributed by atoms with van der Waals surface area (Å²) >= 11 is 0. The Morgan fingerprint density at radius 3 is 3.00 bits per heavy atom. The van der Waals surface area contributed by atoms with Gasteiger partial charge in [0.25, 0.3) is 0 Å². The van der Waals surface area contributed by atoms with Gasteiger partial charge in [0.1, 0.15) is 5.75 Å². The highest BCUT2D eigenvalue weighted by Gasteiger charge is 1.94. The Balaban J connectivity index is 2.48. The molecule has 0 atom stereocenters. The molecule has 0 bridgehead atoms. The van der Waals surface area contributed by atoms with Crippen LogP contribution in [-0.2, 0) is 0 Å². The minimum atomic E-state index is 0.763. The first-order valence-corrected chi connectivity index (χ1v) is 5.66. The second kappa shape index (κ2) is 7.53. The third-order valence-corrected chi connectivity index (χ3v) is 2.23. The van der Waals surface area contributed by atoms with Crippen LogP contribution in [0.3, 0.4) is 0 Å². The highest BCUT2D eigenvalue weighted by atomic mass is 16.5. The maximum absolute atomic E-state index is 8.43. The van der Waals surface area contributed by atoms with Crippen LogP contribution in [0.1, 0.15) is 31.7 Å². The number of unbranched alkanes of at least 4 members (excludes halogenated alkanes) is 2. The van der Waals surface area contributed by atoms with Crippen LogP contribution in [0, 0.1) is 11.3 Å². The standard InChI is InChI=1S/C14H17NO/c1-2-3-4-11-16-14-9-5-7-13(12-14)8-6-10-15/h5-9,12H,2-4,11H2,1H3/b8-6+. The van der Waals surface area contributed by atoms with Crippen LogP contribution in [0.15, 0.2) is 30.3 Å². The van der Waals surface area contributed by atoms with E-state index in [1.807, 2.05) is 30.3 Å². The Morgan fingerprint density at radius 1 is 1.38 bits per heavy atom. The van der Waals surface area contributed by atoms with Gasteiger partial charge >= 0.3 is 0 Å². The summed E-state index contributed by atoms with van der Waals surface area (Å²) in [4.78, 5) is 0. The number of benzene rings is 1. The monoisotopic (exact) mass is 215 g/mol. The fourth-order valence-electron chi connectivity index (χ4n) is 1.38. The van der Waals surface area contributed by atoms with Crippen molar-refractivity contribution in [2.24, 2.45) is 0 Å². The van der Waals surface area contributed by atoms with Crippen molar-refractivity contribution in [2.45, 2.75) is 26.2 Å². The molecule has 2 nitrogen and oxygen atoms in total. The van der Waals surface area contributed by atoms with Gasteiger partial charge in [-0.3, -0.25) is 0 Å². The zero-order chi connectivity index (χ0) is 11.6. The third kappa shape index (κ3) is 4.65. The Hall–Kier alpha value is -1.75. The third-order valence-electron chi connectivity index (χ3n) is 2.23. The van der Waals surface area contributed by atoms with Crippen molar-refractivity contribution in [3.63, 3.8) is 0 Å². The van der Waals surface area contributed by atoms with Crippen LogP contribution in [0.5, 0.6) is 5.75 Å². The number of ether oxygens (including phenoxy) is 1. The second-order valence-corrected chi connectivity index (χ2v) is 3.59.